The quantitative estimate of drug-likeness (QED) is 0.299. The Morgan fingerprint density at radius 3 is 2.19 bits per heavy atom. The number of nitrogens with one attached hydrogen (secondary N) is 1. The molecule has 0 atom stereocenters. The van der Waals surface area contributed by atoms with Gasteiger partial charge in [-0.15, -0.1) is 0 Å². The molecule has 4 rings (SSSR count). The molecule has 3 aromatic rings. The highest BCUT2D eigenvalue weighted by molar-refractivity contribution is 6.03. The number of ether oxygens (including phenoxy) is 2. The van der Waals surface area contributed by atoms with Crippen LogP contribution in [0.25, 0.3) is 5.70 Å². The molecule has 0 aliphatic carbocycles. The number of amidine groups is 1. The van der Waals surface area contributed by atoms with Crippen LogP contribution < -0.4 is 26.3 Å². The normalized spacial score (nSPS) is 13.4. The maximum atomic E-state index is 14.1. The maximum absolute atomic E-state index is 14.1. The van der Waals surface area contributed by atoms with Crippen molar-refractivity contribution in [1.29, 1.82) is 0 Å². The van der Waals surface area contributed by atoms with Crippen LogP contribution in [-0.2, 0) is 6.61 Å². The van der Waals surface area contributed by atoms with Crippen molar-refractivity contribution in [3.63, 3.8) is 0 Å². The van der Waals surface area contributed by atoms with Crippen molar-refractivity contribution in [2.75, 3.05) is 20.6 Å². The average molecular weight is 578 g/mol. The Balaban J connectivity index is 0.000000601. The maximum Gasteiger partial charge on any atom is 0.149 e. The van der Waals surface area contributed by atoms with Crippen LogP contribution in [0.5, 0.6) is 17.2 Å². The number of aromatic nitrogens is 2. The van der Waals surface area contributed by atoms with Gasteiger partial charge in [0.25, 0.3) is 0 Å². The lowest BCUT2D eigenvalue weighted by Gasteiger charge is -2.23. The third kappa shape index (κ3) is 11.2. The minimum absolute atomic E-state index is 0.210. The average Bonchev–Trinajstić information content (AvgIpc) is 2.93. The Kier molecular flexibility index (Phi) is 14.0. The number of hydrogen-bond donors (Lipinski definition) is 3. The lowest BCUT2D eigenvalue weighted by atomic mass is 10.1. The van der Waals surface area contributed by atoms with Gasteiger partial charge in [0, 0.05) is 55.6 Å². The molecule has 42 heavy (non-hydrogen) atoms. The molecule has 1 aliphatic heterocycles. The van der Waals surface area contributed by atoms with Crippen molar-refractivity contribution in [3.05, 3.63) is 95.7 Å². The molecule has 0 bridgehead atoms. The zero-order valence-corrected chi connectivity index (χ0v) is 25.7. The molecule has 9 nitrogen and oxygen atoms in total. The number of nitrogens with zero attached hydrogens (tertiary/aromatic N) is 4. The van der Waals surface area contributed by atoms with E-state index in [-0.39, 0.29) is 6.61 Å². The van der Waals surface area contributed by atoms with E-state index < -0.39 is 5.82 Å². The molecular formula is C32H44FN7O2. The summed E-state index contributed by atoms with van der Waals surface area (Å²) in [6, 6.07) is 11.3. The molecule has 0 saturated carbocycles. The summed E-state index contributed by atoms with van der Waals surface area (Å²) in [5.74, 6) is 2.47. The fourth-order valence-electron chi connectivity index (χ4n) is 3.58. The Labute approximate surface area is 249 Å². The summed E-state index contributed by atoms with van der Waals surface area (Å²) in [7, 11) is 3.81. The molecule has 2 aromatic carbocycles. The molecule has 0 radical (unpaired) electrons. The Morgan fingerprint density at radius 2 is 1.64 bits per heavy atom. The van der Waals surface area contributed by atoms with Crippen molar-refractivity contribution in [3.8, 4) is 17.2 Å². The van der Waals surface area contributed by atoms with Gasteiger partial charge in [-0.05, 0) is 56.3 Å². The van der Waals surface area contributed by atoms with Gasteiger partial charge in [0.15, 0.2) is 0 Å². The third-order valence-corrected chi connectivity index (χ3v) is 5.45. The van der Waals surface area contributed by atoms with Gasteiger partial charge in [-0.1, -0.05) is 34.1 Å². The van der Waals surface area contributed by atoms with Crippen LogP contribution in [0, 0.1) is 18.7 Å². The molecule has 5 N–H and O–H groups in total. The molecule has 1 aliphatic rings. The second kappa shape index (κ2) is 17.4. The van der Waals surface area contributed by atoms with Gasteiger partial charge in [0.2, 0.25) is 0 Å². The van der Waals surface area contributed by atoms with Crippen LogP contribution >= 0.6 is 0 Å². The van der Waals surface area contributed by atoms with E-state index in [1.54, 1.807) is 66.9 Å². The van der Waals surface area contributed by atoms with Crippen molar-refractivity contribution in [2.45, 2.75) is 47.6 Å². The standard InChI is InChI=1S/C24H23FN6O2.C5H13N.C3H8/c1-15-29-12-16(13-30-15)14-32-20-9-18(25)10-21(11-20)33-19-5-3-17(4-6-19)22(26)23-24(27)28-7-8-31(23)2;1-5(2)4-6-3;1-3-2/h3-13H,14,26H2,1-2H3,(H2,27,28);5-6H,4H2,1-3H3;3H2,1-2H3/b23-22-;;. The van der Waals surface area contributed by atoms with E-state index in [2.05, 4.69) is 48.0 Å². The first-order chi connectivity index (χ1) is 20.1. The molecule has 10 heteroatoms. The van der Waals surface area contributed by atoms with Crippen molar-refractivity contribution >= 4 is 11.5 Å². The molecule has 0 fully saturated rings. The number of likely N-dealkylation sites (N-methyl/N-ethyl adjacent to an activating group) is 1. The number of nitrogens with two attached hydrogens (primary N) is 2. The van der Waals surface area contributed by atoms with Gasteiger partial charge >= 0.3 is 0 Å². The van der Waals surface area contributed by atoms with E-state index >= 15 is 0 Å². The van der Waals surface area contributed by atoms with E-state index in [4.69, 9.17) is 20.9 Å². The van der Waals surface area contributed by atoms with Gasteiger partial charge in [0.1, 0.15) is 47.0 Å². The fraction of sp³-hybridized carbons (Fsp3) is 0.344. The molecule has 1 aromatic heterocycles. The lowest BCUT2D eigenvalue weighted by Crippen LogP contribution is -2.30. The largest absolute Gasteiger partial charge is 0.489 e. The summed E-state index contributed by atoms with van der Waals surface area (Å²) < 4.78 is 25.6. The van der Waals surface area contributed by atoms with Gasteiger partial charge in [-0.2, -0.15) is 0 Å². The predicted octanol–water partition coefficient (Wildman–Crippen LogP) is 5.97. The SMILES string of the molecule is CCC.CNCC(C)C.Cc1ncc(COc2cc(F)cc(Oc3ccc(/C(N)=C4\C(N)=NC=CN4C)cc3)c2)cn1. The minimum atomic E-state index is -0.476. The molecule has 226 valence electrons. The highest BCUT2D eigenvalue weighted by Crippen LogP contribution is 2.29. The van der Waals surface area contributed by atoms with E-state index in [1.807, 2.05) is 14.1 Å². The van der Waals surface area contributed by atoms with Crippen LogP contribution in [0.4, 0.5) is 4.39 Å². The highest BCUT2D eigenvalue weighted by Gasteiger charge is 2.16. The topological polar surface area (TPSA) is 124 Å². The van der Waals surface area contributed by atoms with Crippen LogP contribution in [-0.4, -0.2) is 41.3 Å². The first-order valence-electron chi connectivity index (χ1n) is 13.9. The van der Waals surface area contributed by atoms with Crippen molar-refractivity contribution in [2.24, 2.45) is 22.4 Å². The monoisotopic (exact) mass is 577 g/mol. The molecule has 0 saturated heterocycles. The van der Waals surface area contributed by atoms with Gasteiger partial charge in [-0.25, -0.2) is 19.4 Å². The Hall–Kier alpha value is -4.44. The van der Waals surface area contributed by atoms with E-state index in [0.717, 1.165) is 23.6 Å². The number of hydrogen-bond acceptors (Lipinski definition) is 9. The second-order valence-corrected chi connectivity index (χ2v) is 10.0. The number of aryl methyl sites for hydroxylation is 1. The van der Waals surface area contributed by atoms with Crippen LogP contribution in [0.3, 0.4) is 0 Å². The Morgan fingerprint density at radius 1 is 1.02 bits per heavy atom. The number of halogens is 1. The minimum Gasteiger partial charge on any atom is -0.489 e. The van der Waals surface area contributed by atoms with Crippen LogP contribution in [0.1, 0.15) is 51.1 Å². The number of rotatable bonds is 8. The summed E-state index contributed by atoms with van der Waals surface area (Å²) in [4.78, 5) is 14.1. The smallest absolute Gasteiger partial charge is 0.149 e. The third-order valence-electron chi connectivity index (χ3n) is 5.45. The zero-order chi connectivity index (χ0) is 31.1. The number of aliphatic imine (C=N–C) groups is 1. The summed E-state index contributed by atoms with van der Waals surface area (Å²) in [6.07, 6.45) is 7.96. The first-order valence-corrected chi connectivity index (χ1v) is 13.9. The van der Waals surface area contributed by atoms with E-state index in [0.29, 0.717) is 40.3 Å². The van der Waals surface area contributed by atoms with Gasteiger partial charge in [0.05, 0.1) is 5.70 Å². The van der Waals surface area contributed by atoms with E-state index in [9.17, 15) is 4.39 Å². The summed E-state index contributed by atoms with van der Waals surface area (Å²) >= 11 is 0. The second-order valence-electron chi connectivity index (χ2n) is 10.0. The zero-order valence-electron chi connectivity index (χ0n) is 25.7. The van der Waals surface area contributed by atoms with Crippen molar-refractivity contribution in [1.82, 2.24) is 20.2 Å². The lowest BCUT2D eigenvalue weighted by molar-refractivity contribution is 0.301. The summed E-state index contributed by atoms with van der Waals surface area (Å²) in [5, 5.41) is 3.07. The van der Waals surface area contributed by atoms with Crippen molar-refractivity contribution < 1.29 is 13.9 Å². The fourth-order valence-corrected chi connectivity index (χ4v) is 3.58. The molecule has 0 spiro atoms. The summed E-state index contributed by atoms with van der Waals surface area (Å²) in [6.45, 7) is 11.8. The highest BCUT2D eigenvalue weighted by atomic mass is 19.1. The molecule has 0 unspecified atom stereocenters. The van der Waals surface area contributed by atoms with Gasteiger partial charge in [-0.3, -0.25) is 0 Å². The molecular weight excluding hydrogens is 533 g/mol. The first kappa shape index (κ1) is 33.8. The van der Waals surface area contributed by atoms with Crippen LogP contribution in [0.2, 0.25) is 0 Å². The molecule has 2 heterocycles. The number of benzene rings is 2. The van der Waals surface area contributed by atoms with Gasteiger partial charge < -0.3 is 31.2 Å². The summed E-state index contributed by atoms with van der Waals surface area (Å²) in [5.41, 5.74) is 14.9. The van der Waals surface area contributed by atoms with Crippen LogP contribution in [0.15, 0.2) is 77.9 Å². The Bertz CT molecular complexity index is 1340. The van der Waals surface area contributed by atoms with E-state index in [1.165, 1.54) is 18.6 Å². The predicted molar refractivity (Wildman–Crippen MR) is 168 cm³/mol. The molecule has 0 amide bonds.